The van der Waals surface area contributed by atoms with Crippen molar-refractivity contribution in [1.82, 2.24) is 0 Å². The lowest BCUT2D eigenvalue weighted by atomic mass is 10.2. The summed E-state index contributed by atoms with van der Waals surface area (Å²) in [5.41, 5.74) is 0.955. The minimum Gasteiger partial charge on any atom is -0.394 e. The molecular weight excluding hydrogens is 242 g/mol. The van der Waals surface area contributed by atoms with Crippen LogP contribution < -0.4 is 5.32 Å². The third-order valence-electron chi connectivity index (χ3n) is 2.25. The predicted molar refractivity (Wildman–Crippen MR) is 69.2 cm³/mol. The van der Waals surface area contributed by atoms with Crippen molar-refractivity contribution in [3.05, 3.63) is 51.7 Å². The van der Waals surface area contributed by atoms with Gasteiger partial charge in [-0.2, -0.15) is 0 Å². The van der Waals surface area contributed by atoms with Gasteiger partial charge in [-0.05, 0) is 35.7 Å². The molecule has 1 aromatic carbocycles. The second kappa shape index (κ2) is 5.34. The molecule has 0 bridgehead atoms. The third-order valence-corrected chi connectivity index (χ3v) is 3.49. The Morgan fingerprint density at radius 1 is 1.25 bits per heavy atom. The van der Waals surface area contributed by atoms with E-state index in [0.717, 1.165) is 10.6 Å². The normalized spacial score (nSPS) is 12.4. The maximum Gasteiger partial charge on any atom is 0.0837 e. The topological polar surface area (TPSA) is 32.3 Å². The smallest absolute Gasteiger partial charge is 0.0837 e. The zero-order valence-corrected chi connectivity index (χ0v) is 10.1. The number of anilines is 1. The van der Waals surface area contributed by atoms with Crippen molar-refractivity contribution in [1.29, 1.82) is 0 Å². The van der Waals surface area contributed by atoms with E-state index in [1.165, 1.54) is 0 Å². The first-order chi connectivity index (χ1) is 7.79. The van der Waals surface area contributed by atoms with Crippen LogP contribution in [0.15, 0.2) is 41.8 Å². The van der Waals surface area contributed by atoms with Crippen molar-refractivity contribution in [3.8, 4) is 0 Å². The molecule has 2 nitrogen and oxygen atoms in total. The van der Waals surface area contributed by atoms with Crippen LogP contribution in [-0.4, -0.2) is 11.7 Å². The van der Waals surface area contributed by atoms with Crippen LogP contribution in [0.2, 0.25) is 5.02 Å². The minimum absolute atomic E-state index is 0.0545. The van der Waals surface area contributed by atoms with E-state index >= 15 is 0 Å². The first-order valence-corrected chi connectivity index (χ1v) is 6.21. The van der Waals surface area contributed by atoms with Crippen LogP contribution in [0.5, 0.6) is 0 Å². The van der Waals surface area contributed by atoms with Crippen LogP contribution in [0.3, 0.4) is 0 Å². The van der Waals surface area contributed by atoms with E-state index in [-0.39, 0.29) is 12.6 Å². The minimum atomic E-state index is -0.0545. The van der Waals surface area contributed by atoms with Gasteiger partial charge >= 0.3 is 0 Å². The summed E-state index contributed by atoms with van der Waals surface area (Å²) in [6.45, 7) is 0.0726. The number of aliphatic hydroxyl groups excluding tert-OH is 1. The van der Waals surface area contributed by atoms with Crippen LogP contribution in [0.4, 0.5) is 5.69 Å². The Morgan fingerprint density at radius 3 is 2.56 bits per heavy atom. The second-order valence-corrected chi connectivity index (χ2v) is 4.82. The largest absolute Gasteiger partial charge is 0.394 e. The van der Waals surface area contributed by atoms with Crippen LogP contribution in [0.25, 0.3) is 0 Å². The Hall–Kier alpha value is -1.03. The second-order valence-electron chi connectivity index (χ2n) is 3.40. The average molecular weight is 254 g/mol. The standard InChI is InChI=1S/C12H12ClNOS/c13-9-3-5-10(6-4-9)14-11(8-15)12-2-1-7-16-12/h1-7,11,14-15H,8H2. The maximum atomic E-state index is 9.33. The molecule has 2 N–H and O–H groups in total. The summed E-state index contributed by atoms with van der Waals surface area (Å²) in [6.07, 6.45) is 0. The van der Waals surface area contributed by atoms with Crippen molar-refractivity contribution in [3.63, 3.8) is 0 Å². The fourth-order valence-corrected chi connectivity index (χ4v) is 2.34. The number of halogens is 1. The summed E-state index contributed by atoms with van der Waals surface area (Å²) in [4.78, 5) is 1.12. The molecule has 4 heteroatoms. The van der Waals surface area contributed by atoms with Crippen molar-refractivity contribution in [2.75, 3.05) is 11.9 Å². The van der Waals surface area contributed by atoms with Crippen LogP contribution in [0, 0.1) is 0 Å². The number of hydrogen-bond acceptors (Lipinski definition) is 3. The molecule has 2 rings (SSSR count). The Bertz CT molecular complexity index is 427. The molecule has 84 valence electrons. The molecule has 16 heavy (non-hydrogen) atoms. The van der Waals surface area contributed by atoms with Gasteiger partial charge in [-0.1, -0.05) is 17.7 Å². The zero-order valence-electron chi connectivity index (χ0n) is 8.56. The Kier molecular flexibility index (Phi) is 3.83. The number of benzene rings is 1. The summed E-state index contributed by atoms with van der Waals surface area (Å²) >= 11 is 7.44. The van der Waals surface area contributed by atoms with Crippen LogP contribution >= 0.6 is 22.9 Å². The van der Waals surface area contributed by atoms with Crippen LogP contribution in [0.1, 0.15) is 10.9 Å². The Balaban J connectivity index is 2.10. The van der Waals surface area contributed by atoms with Gasteiger partial charge in [0.25, 0.3) is 0 Å². The van der Waals surface area contributed by atoms with Gasteiger partial charge in [0.1, 0.15) is 0 Å². The van der Waals surface area contributed by atoms with Crippen molar-refractivity contribution >= 4 is 28.6 Å². The van der Waals surface area contributed by atoms with Gasteiger partial charge in [-0.15, -0.1) is 11.3 Å². The maximum absolute atomic E-state index is 9.33. The fourth-order valence-electron chi connectivity index (χ4n) is 1.44. The molecule has 0 aliphatic rings. The molecule has 0 saturated carbocycles. The summed E-state index contributed by atoms with van der Waals surface area (Å²) in [6, 6.07) is 11.4. The van der Waals surface area contributed by atoms with Gasteiger partial charge in [0.15, 0.2) is 0 Å². The fraction of sp³-hybridized carbons (Fsp3) is 0.167. The number of hydrogen-bond donors (Lipinski definition) is 2. The number of rotatable bonds is 4. The molecular formula is C12H12ClNOS. The van der Waals surface area contributed by atoms with E-state index in [4.69, 9.17) is 11.6 Å². The van der Waals surface area contributed by atoms with E-state index in [2.05, 4.69) is 5.32 Å². The first kappa shape index (κ1) is 11.5. The highest BCUT2D eigenvalue weighted by atomic mass is 35.5. The van der Waals surface area contributed by atoms with Crippen molar-refractivity contribution < 1.29 is 5.11 Å². The lowest BCUT2D eigenvalue weighted by molar-refractivity contribution is 0.278. The molecule has 0 aliphatic heterocycles. The molecule has 1 atom stereocenters. The highest BCUT2D eigenvalue weighted by Gasteiger charge is 2.10. The molecule has 2 aromatic rings. The van der Waals surface area contributed by atoms with E-state index < -0.39 is 0 Å². The number of thiophene rings is 1. The van der Waals surface area contributed by atoms with Crippen molar-refractivity contribution in [2.24, 2.45) is 0 Å². The molecule has 0 amide bonds. The third kappa shape index (κ3) is 2.76. The van der Waals surface area contributed by atoms with Gasteiger partial charge < -0.3 is 10.4 Å². The molecule has 0 aliphatic carbocycles. The van der Waals surface area contributed by atoms with Gasteiger partial charge in [0.05, 0.1) is 12.6 Å². The van der Waals surface area contributed by atoms with Gasteiger partial charge in [-0.25, -0.2) is 0 Å². The first-order valence-electron chi connectivity index (χ1n) is 4.96. The molecule has 0 saturated heterocycles. The average Bonchev–Trinajstić information content (AvgIpc) is 2.82. The van der Waals surface area contributed by atoms with Crippen molar-refractivity contribution in [2.45, 2.75) is 6.04 Å². The molecule has 0 spiro atoms. The quantitative estimate of drug-likeness (QED) is 0.874. The molecule has 0 fully saturated rings. The highest BCUT2D eigenvalue weighted by molar-refractivity contribution is 7.10. The summed E-state index contributed by atoms with van der Waals surface area (Å²) in [5, 5.41) is 15.3. The van der Waals surface area contributed by atoms with Gasteiger partial charge in [-0.3, -0.25) is 0 Å². The SMILES string of the molecule is OCC(Nc1ccc(Cl)cc1)c1cccs1. The van der Waals surface area contributed by atoms with E-state index in [9.17, 15) is 5.11 Å². The van der Waals surface area contributed by atoms with Gasteiger partial charge in [0.2, 0.25) is 0 Å². The lowest BCUT2D eigenvalue weighted by Gasteiger charge is -2.16. The summed E-state index contributed by atoms with van der Waals surface area (Å²) in [5.74, 6) is 0. The number of aliphatic hydroxyl groups is 1. The van der Waals surface area contributed by atoms with E-state index in [0.29, 0.717) is 5.02 Å². The van der Waals surface area contributed by atoms with E-state index in [1.807, 2.05) is 41.8 Å². The monoisotopic (exact) mass is 253 g/mol. The van der Waals surface area contributed by atoms with Gasteiger partial charge in [0, 0.05) is 15.6 Å². The summed E-state index contributed by atoms with van der Waals surface area (Å²) < 4.78 is 0. The molecule has 1 heterocycles. The summed E-state index contributed by atoms with van der Waals surface area (Å²) in [7, 11) is 0. The van der Waals surface area contributed by atoms with E-state index in [1.54, 1.807) is 11.3 Å². The predicted octanol–water partition coefficient (Wildman–Crippen LogP) is 3.55. The Morgan fingerprint density at radius 2 is 2.00 bits per heavy atom. The zero-order chi connectivity index (χ0) is 11.4. The lowest BCUT2D eigenvalue weighted by Crippen LogP contribution is -2.13. The molecule has 1 aromatic heterocycles. The Labute approximate surface area is 104 Å². The molecule has 1 unspecified atom stereocenters. The van der Waals surface area contributed by atoms with Crippen LogP contribution in [-0.2, 0) is 0 Å². The highest BCUT2D eigenvalue weighted by Crippen LogP contribution is 2.23. The number of nitrogens with one attached hydrogen (secondary N) is 1. The molecule has 0 radical (unpaired) electrons.